The highest BCUT2D eigenvalue weighted by molar-refractivity contribution is 5.84. The molecule has 23 heavy (non-hydrogen) atoms. The van der Waals surface area contributed by atoms with Crippen molar-refractivity contribution in [3.05, 3.63) is 59.9 Å². The average molecular weight is 311 g/mol. The number of carbonyl (C=O) groups is 2. The second-order valence-corrected chi connectivity index (χ2v) is 5.92. The van der Waals surface area contributed by atoms with Crippen LogP contribution in [-0.4, -0.2) is 28.7 Å². The van der Waals surface area contributed by atoms with Crippen LogP contribution in [0.4, 0.5) is 0 Å². The third-order valence-corrected chi connectivity index (χ3v) is 4.45. The molecule has 2 heterocycles. The molecule has 2 atom stereocenters. The number of aromatic amines is 1. The predicted octanol–water partition coefficient (Wildman–Crippen LogP) is 2.24. The Hall–Kier alpha value is -2.56. The molecule has 1 aliphatic heterocycles. The predicted molar refractivity (Wildman–Crippen MR) is 87.3 cm³/mol. The van der Waals surface area contributed by atoms with Gasteiger partial charge in [-0.3, -0.25) is 9.59 Å². The number of likely N-dealkylation sites (tertiary alicyclic amines) is 1. The summed E-state index contributed by atoms with van der Waals surface area (Å²) >= 11 is 0. The summed E-state index contributed by atoms with van der Waals surface area (Å²) in [5.74, 6) is -0.143. The molecule has 1 aliphatic rings. The molecule has 1 fully saturated rings. The molecule has 1 aromatic carbocycles. The van der Waals surface area contributed by atoms with Gasteiger partial charge in [0.25, 0.3) is 0 Å². The zero-order valence-electron chi connectivity index (χ0n) is 13.2. The van der Waals surface area contributed by atoms with E-state index in [1.54, 1.807) is 11.9 Å². The van der Waals surface area contributed by atoms with Crippen molar-refractivity contribution in [3.63, 3.8) is 0 Å². The van der Waals surface area contributed by atoms with Gasteiger partial charge in [0.05, 0.1) is 18.5 Å². The van der Waals surface area contributed by atoms with Gasteiger partial charge in [0.2, 0.25) is 11.8 Å². The van der Waals surface area contributed by atoms with E-state index in [0.29, 0.717) is 19.4 Å². The van der Waals surface area contributed by atoms with Gasteiger partial charge in [-0.05, 0) is 24.1 Å². The molecule has 5 nitrogen and oxygen atoms in total. The minimum absolute atomic E-state index is 0.00666. The molecule has 0 aliphatic carbocycles. The Morgan fingerprint density at radius 1 is 1.26 bits per heavy atom. The van der Waals surface area contributed by atoms with Crippen molar-refractivity contribution in [2.24, 2.45) is 5.92 Å². The maximum absolute atomic E-state index is 12.7. The fourth-order valence-electron chi connectivity index (χ4n) is 3.21. The van der Waals surface area contributed by atoms with Crippen molar-refractivity contribution in [2.45, 2.75) is 25.4 Å². The van der Waals surface area contributed by atoms with E-state index in [0.717, 1.165) is 11.3 Å². The smallest absolute Gasteiger partial charge is 0.225 e. The monoisotopic (exact) mass is 311 g/mol. The molecule has 2 N–H and O–H groups in total. The zero-order chi connectivity index (χ0) is 16.2. The van der Waals surface area contributed by atoms with Gasteiger partial charge in [-0.15, -0.1) is 0 Å². The van der Waals surface area contributed by atoms with Crippen molar-refractivity contribution in [1.29, 1.82) is 0 Å². The third-order valence-electron chi connectivity index (χ3n) is 4.45. The van der Waals surface area contributed by atoms with Gasteiger partial charge >= 0.3 is 0 Å². The fourth-order valence-corrected chi connectivity index (χ4v) is 3.21. The Morgan fingerprint density at radius 2 is 2.04 bits per heavy atom. The van der Waals surface area contributed by atoms with Crippen molar-refractivity contribution >= 4 is 11.8 Å². The van der Waals surface area contributed by atoms with Gasteiger partial charge in [0.15, 0.2) is 0 Å². The molecule has 0 unspecified atom stereocenters. The fraction of sp³-hybridized carbons (Fsp3) is 0.333. The average Bonchev–Trinajstić information content (AvgIpc) is 3.09. The highest BCUT2D eigenvalue weighted by Crippen LogP contribution is 2.35. The molecule has 120 valence electrons. The highest BCUT2D eigenvalue weighted by Gasteiger charge is 2.38. The van der Waals surface area contributed by atoms with E-state index in [1.807, 2.05) is 48.7 Å². The van der Waals surface area contributed by atoms with Gasteiger partial charge in [-0.1, -0.05) is 30.3 Å². The Balaban J connectivity index is 1.77. The molecule has 1 saturated heterocycles. The number of nitrogens with one attached hydrogen (secondary N) is 2. The summed E-state index contributed by atoms with van der Waals surface area (Å²) in [7, 11) is 1.78. The first-order valence-electron chi connectivity index (χ1n) is 7.87. The molecule has 0 spiro atoms. The van der Waals surface area contributed by atoms with E-state index >= 15 is 0 Å². The maximum Gasteiger partial charge on any atom is 0.225 e. The summed E-state index contributed by atoms with van der Waals surface area (Å²) < 4.78 is 0. The molecule has 0 radical (unpaired) electrons. The maximum atomic E-state index is 12.7. The number of benzene rings is 1. The Bertz CT molecular complexity index is 667. The van der Waals surface area contributed by atoms with Gasteiger partial charge < -0.3 is 15.2 Å². The number of carbonyl (C=O) groups excluding carboxylic acids is 2. The first-order chi connectivity index (χ1) is 11.2. The lowest BCUT2D eigenvalue weighted by atomic mass is 9.84. The zero-order valence-corrected chi connectivity index (χ0v) is 13.2. The lowest BCUT2D eigenvalue weighted by molar-refractivity contribution is -0.141. The van der Waals surface area contributed by atoms with Crippen LogP contribution in [0.5, 0.6) is 0 Å². The van der Waals surface area contributed by atoms with E-state index < -0.39 is 0 Å². The number of hydrogen-bond donors (Lipinski definition) is 2. The topological polar surface area (TPSA) is 65.2 Å². The van der Waals surface area contributed by atoms with Gasteiger partial charge in [-0.25, -0.2) is 0 Å². The minimum atomic E-state index is -0.227. The first kappa shape index (κ1) is 15.3. The number of H-pyrrole nitrogens is 1. The first-order valence-corrected chi connectivity index (χ1v) is 7.87. The SMILES string of the molecule is CN1C(=O)CC[C@H](C(=O)NCc2ccc[nH]2)[C@@H]1c1ccccc1. The van der Waals surface area contributed by atoms with Gasteiger partial charge in [-0.2, -0.15) is 0 Å². The van der Waals surface area contributed by atoms with Crippen LogP contribution < -0.4 is 5.32 Å². The molecule has 0 saturated carbocycles. The summed E-state index contributed by atoms with van der Waals surface area (Å²) in [4.78, 5) is 29.5. The molecule has 1 aromatic heterocycles. The van der Waals surface area contributed by atoms with E-state index in [2.05, 4.69) is 10.3 Å². The van der Waals surface area contributed by atoms with Crippen LogP contribution in [0.1, 0.15) is 30.1 Å². The van der Waals surface area contributed by atoms with E-state index in [4.69, 9.17) is 0 Å². The molecular weight excluding hydrogens is 290 g/mol. The number of piperidine rings is 1. The second kappa shape index (κ2) is 6.69. The largest absolute Gasteiger partial charge is 0.364 e. The van der Waals surface area contributed by atoms with Crippen molar-refractivity contribution in [3.8, 4) is 0 Å². The lowest BCUT2D eigenvalue weighted by Crippen LogP contribution is -2.46. The molecule has 3 rings (SSSR count). The van der Waals surface area contributed by atoms with Crippen LogP contribution in [-0.2, 0) is 16.1 Å². The summed E-state index contributed by atoms with van der Waals surface area (Å²) in [6.07, 6.45) is 2.83. The number of amides is 2. The number of aromatic nitrogens is 1. The number of hydrogen-bond acceptors (Lipinski definition) is 2. The molecule has 2 amide bonds. The summed E-state index contributed by atoms with van der Waals surface area (Å²) in [5.41, 5.74) is 1.97. The van der Waals surface area contributed by atoms with Crippen LogP contribution in [0.25, 0.3) is 0 Å². The Morgan fingerprint density at radius 3 is 2.74 bits per heavy atom. The van der Waals surface area contributed by atoms with Crippen LogP contribution in [0.15, 0.2) is 48.7 Å². The van der Waals surface area contributed by atoms with Crippen LogP contribution >= 0.6 is 0 Å². The van der Waals surface area contributed by atoms with Gasteiger partial charge in [0, 0.05) is 25.4 Å². The highest BCUT2D eigenvalue weighted by atomic mass is 16.2. The van der Waals surface area contributed by atoms with Crippen LogP contribution in [0.2, 0.25) is 0 Å². The quantitative estimate of drug-likeness (QED) is 0.909. The van der Waals surface area contributed by atoms with Gasteiger partial charge in [0.1, 0.15) is 0 Å². The summed E-state index contributed by atoms with van der Waals surface area (Å²) in [5, 5.41) is 2.98. The molecular formula is C18H21N3O2. The Labute approximate surface area is 135 Å². The lowest BCUT2D eigenvalue weighted by Gasteiger charge is -2.38. The van der Waals surface area contributed by atoms with Crippen molar-refractivity contribution in [1.82, 2.24) is 15.2 Å². The number of nitrogens with zero attached hydrogens (tertiary/aromatic N) is 1. The molecule has 0 bridgehead atoms. The van der Waals surface area contributed by atoms with E-state index in [-0.39, 0.29) is 23.8 Å². The van der Waals surface area contributed by atoms with E-state index in [9.17, 15) is 9.59 Å². The summed E-state index contributed by atoms with van der Waals surface area (Å²) in [6, 6.07) is 13.4. The molecule has 5 heteroatoms. The summed E-state index contributed by atoms with van der Waals surface area (Å²) in [6.45, 7) is 0.474. The minimum Gasteiger partial charge on any atom is -0.364 e. The number of rotatable bonds is 4. The van der Waals surface area contributed by atoms with Crippen LogP contribution in [0, 0.1) is 5.92 Å². The van der Waals surface area contributed by atoms with E-state index in [1.165, 1.54) is 0 Å². The third kappa shape index (κ3) is 3.28. The van der Waals surface area contributed by atoms with Crippen molar-refractivity contribution in [2.75, 3.05) is 7.05 Å². The Kier molecular flexibility index (Phi) is 4.46. The van der Waals surface area contributed by atoms with Crippen molar-refractivity contribution < 1.29 is 9.59 Å². The standard InChI is InChI=1S/C18H21N3O2/c1-21-16(22)10-9-15(17(21)13-6-3-2-4-7-13)18(23)20-12-14-8-5-11-19-14/h2-8,11,15,17,19H,9-10,12H2,1H3,(H,20,23)/t15-,17-/m0/s1. The normalized spacial score (nSPS) is 21.3. The second-order valence-electron chi connectivity index (χ2n) is 5.92. The molecule has 2 aromatic rings. The van der Waals surface area contributed by atoms with Crippen LogP contribution in [0.3, 0.4) is 0 Å².